The van der Waals surface area contributed by atoms with Crippen LogP contribution in [0.15, 0.2) is 23.1 Å². The van der Waals surface area contributed by atoms with Crippen LogP contribution in [-0.4, -0.2) is 61.2 Å². The molecule has 0 aliphatic carbocycles. The molecular weight excluding hydrogens is 396 g/mol. The maximum absolute atomic E-state index is 13.2. The molecule has 2 saturated heterocycles. The number of nitrogens with zero attached hydrogens (tertiary/aromatic N) is 5. The number of hydrogen-bond acceptors (Lipinski definition) is 5. The van der Waals surface area contributed by atoms with Gasteiger partial charge in [-0.15, -0.1) is 0 Å². The Kier molecular flexibility index (Phi) is 6.48. The van der Waals surface area contributed by atoms with Crippen molar-refractivity contribution in [1.29, 1.82) is 0 Å². The molecule has 0 saturated carbocycles. The van der Waals surface area contributed by atoms with Gasteiger partial charge >= 0.3 is 0 Å². The summed E-state index contributed by atoms with van der Waals surface area (Å²) >= 11 is 0. The van der Waals surface area contributed by atoms with Gasteiger partial charge in [0, 0.05) is 25.7 Å². The highest BCUT2D eigenvalue weighted by atomic mass is 16.2. The second-order valence-corrected chi connectivity index (χ2v) is 8.47. The second-order valence-electron chi connectivity index (χ2n) is 8.47. The van der Waals surface area contributed by atoms with Crippen molar-refractivity contribution in [3.8, 4) is 0 Å². The van der Waals surface area contributed by atoms with Gasteiger partial charge in [0.1, 0.15) is 6.54 Å². The average molecular weight is 427 g/mol. The number of hydrogen-bond donors (Lipinski definition) is 1. The summed E-state index contributed by atoms with van der Waals surface area (Å²) in [5.41, 5.74) is 1.64. The molecule has 0 bridgehead atoms. The SMILES string of the molecule is Cc1ccc(=O)n(CC(=O)N2CCCC[C@@H]2c2[nH]ncc2C(=O)N2CCCCCC2)n1. The first-order chi connectivity index (χ1) is 15.0. The fraction of sp³-hybridized carbons (Fsp3) is 0.591. The van der Waals surface area contributed by atoms with Crippen molar-refractivity contribution in [3.05, 3.63) is 45.6 Å². The van der Waals surface area contributed by atoms with Crippen molar-refractivity contribution in [2.45, 2.75) is 64.5 Å². The molecule has 1 atom stereocenters. The lowest BCUT2D eigenvalue weighted by Crippen LogP contribution is -2.43. The minimum Gasteiger partial charge on any atom is -0.339 e. The molecule has 2 aliphatic heterocycles. The molecule has 31 heavy (non-hydrogen) atoms. The summed E-state index contributed by atoms with van der Waals surface area (Å²) in [6.07, 6.45) is 8.54. The Morgan fingerprint density at radius 1 is 1.06 bits per heavy atom. The lowest BCUT2D eigenvalue weighted by molar-refractivity contribution is -0.136. The van der Waals surface area contributed by atoms with Crippen LogP contribution in [0.4, 0.5) is 0 Å². The third kappa shape index (κ3) is 4.70. The molecule has 2 aromatic rings. The monoisotopic (exact) mass is 426 g/mol. The number of likely N-dealkylation sites (tertiary alicyclic amines) is 2. The second kappa shape index (κ2) is 9.45. The lowest BCUT2D eigenvalue weighted by Gasteiger charge is -2.36. The molecule has 0 unspecified atom stereocenters. The summed E-state index contributed by atoms with van der Waals surface area (Å²) < 4.78 is 1.21. The Bertz CT molecular complexity index is 989. The van der Waals surface area contributed by atoms with Gasteiger partial charge in [-0.3, -0.25) is 19.5 Å². The molecule has 1 N–H and O–H groups in total. The van der Waals surface area contributed by atoms with Crippen LogP contribution in [-0.2, 0) is 11.3 Å². The smallest absolute Gasteiger partial charge is 0.267 e. The molecule has 0 radical (unpaired) electrons. The van der Waals surface area contributed by atoms with E-state index in [0.29, 0.717) is 23.5 Å². The van der Waals surface area contributed by atoms with Crippen molar-refractivity contribution in [1.82, 2.24) is 29.8 Å². The molecular formula is C22H30N6O3. The Labute approximate surface area is 181 Å². The summed E-state index contributed by atoms with van der Waals surface area (Å²) in [6, 6.07) is 2.81. The summed E-state index contributed by atoms with van der Waals surface area (Å²) in [6.45, 7) is 3.79. The third-order valence-electron chi connectivity index (χ3n) is 6.23. The predicted octanol–water partition coefficient (Wildman–Crippen LogP) is 2.04. The molecule has 4 heterocycles. The van der Waals surface area contributed by atoms with Crippen LogP contribution in [0.25, 0.3) is 0 Å². The van der Waals surface area contributed by atoms with Crippen LogP contribution >= 0.6 is 0 Å². The van der Waals surface area contributed by atoms with E-state index >= 15 is 0 Å². The van der Waals surface area contributed by atoms with Crippen molar-refractivity contribution >= 4 is 11.8 Å². The summed E-state index contributed by atoms with van der Waals surface area (Å²) in [5, 5.41) is 11.4. The number of carbonyl (C=O) groups excluding carboxylic acids is 2. The average Bonchev–Trinajstić information content (AvgIpc) is 3.10. The molecule has 4 rings (SSSR count). The first-order valence-corrected chi connectivity index (χ1v) is 11.2. The van der Waals surface area contributed by atoms with Gasteiger partial charge in [-0.2, -0.15) is 10.2 Å². The van der Waals surface area contributed by atoms with Crippen LogP contribution < -0.4 is 5.56 Å². The van der Waals surface area contributed by atoms with Crippen molar-refractivity contribution < 1.29 is 9.59 Å². The Morgan fingerprint density at radius 2 is 1.81 bits per heavy atom. The van der Waals surface area contributed by atoms with E-state index in [1.807, 2.05) is 4.90 Å². The summed E-state index contributed by atoms with van der Waals surface area (Å²) in [5.74, 6) is -0.187. The highest BCUT2D eigenvalue weighted by molar-refractivity contribution is 5.95. The van der Waals surface area contributed by atoms with Crippen molar-refractivity contribution in [3.63, 3.8) is 0 Å². The van der Waals surface area contributed by atoms with Gasteiger partial charge in [-0.25, -0.2) is 4.68 Å². The van der Waals surface area contributed by atoms with Gasteiger partial charge < -0.3 is 9.80 Å². The van der Waals surface area contributed by atoms with E-state index in [2.05, 4.69) is 15.3 Å². The zero-order valence-electron chi connectivity index (χ0n) is 18.0. The van der Waals surface area contributed by atoms with E-state index in [9.17, 15) is 14.4 Å². The largest absolute Gasteiger partial charge is 0.339 e. The number of H-pyrrole nitrogens is 1. The van der Waals surface area contributed by atoms with Gasteiger partial charge in [0.2, 0.25) is 5.91 Å². The zero-order valence-corrected chi connectivity index (χ0v) is 18.0. The summed E-state index contributed by atoms with van der Waals surface area (Å²) in [7, 11) is 0. The van der Waals surface area contributed by atoms with E-state index in [-0.39, 0.29) is 30.0 Å². The molecule has 2 amide bonds. The minimum atomic E-state index is -0.300. The van der Waals surface area contributed by atoms with Crippen LogP contribution in [0.1, 0.15) is 72.7 Å². The van der Waals surface area contributed by atoms with E-state index in [0.717, 1.165) is 58.0 Å². The number of aromatic amines is 1. The minimum absolute atomic E-state index is 0.0137. The normalized spacial score (nSPS) is 19.8. The Balaban J connectivity index is 1.56. The van der Waals surface area contributed by atoms with E-state index in [1.54, 1.807) is 24.1 Å². The van der Waals surface area contributed by atoms with Gasteiger partial charge in [0.15, 0.2) is 0 Å². The van der Waals surface area contributed by atoms with Gasteiger partial charge in [-0.05, 0) is 45.1 Å². The summed E-state index contributed by atoms with van der Waals surface area (Å²) in [4.78, 5) is 42.2. The number of carbonyl (C=O) groups is 2. The number of nitrogens with one attached hydrogen (secondary N) is 1. The van der Waals surface area contributed by atoms with Crippen LogP contribution in [0.3, 0.4) is 0 Å². The van der Waals surface area contributed by atoms with Crippen molar-refractivity contribution in [2.24, 2.45) is 0 Å². The fourth-order valence-electron chi connectivity index (χ4n) is 4.58. The van der Waals surface area contributed by atoms with Gasteiger partial charge in [0.25, 0.3) is 11.5 Å². The molecule has 0 spiro atoms. The van der Waals surface area contributed by atoms with Gasteiger partial charge in [-0.1, -0.05) is 12.8 Å². The van der Waals surface area contributed by atoms with E-state index in [4.69, 9.17) is 0 Å². The lowest BCUT2D eigenvalue weighted by atomic mass is 9.96. The highest BCUT2D eigenvalue weighted by Gasteiger charge is 2.33. The van der Waals surface area contributed by atoms with Gasteiger partial charge in [0.05, 0.1) is 29.2 Å². The topological polar surface area (TPSA) is 104 Å². The quantitative estimate of drug-likeness (QED) is 0.806. The fourth-order valence-corrected chi connectivity index (χ4v) is 4.58. The molecule has 0 aromatic carbocycles. The predicted molar refractivity (Wildman–Crippen MR) is 114 cm³/mol. The van der Waals surface area contributed by atoms with E-state index < -0.39 is 0 Å². The molecule has 9 nitrogen and oxygen atoms in total. The molecule has 2 fully saturated rings. The maximum atomic E-state index is 13.2. The highest BCUT2D eigenvalue weighted by Crippen LogP contribution is 2.32. The number of amides is 2. The van der Waals surface area contributed by atoms with Crippen LogP contribution in [0, 0.1) is 6.92 Å². The molecule has 166 valence electrons. The zero-order chi connectivity index (χ0) is 21.8. The molecule has 9 heteroatoms. The van der Waals surface area contributed by atoms with Crippen LogP contribution in [0.2, 0.25) is 0 Å². The molecule has 2 aliphatic rings. The Hall–Kier alpha value is -2.97. The first-order valence-electron chi connectivity index (χ1n) is 11.2. The third-order valence-corrected chi connectivity index (χ3v) is 6.23. The number of aryl methyl sites for hydroxylation is 1. The van der Waals surface area contributed by atoms with Crippen LogP contribution in [0.5, 0.6) is 0 Å². The number of aromatic nitrogens is 4. The first kappa shape index (κ1) is 21.3. The number of piperidine rings is 1. The number of rotatable bonds is 4. The molecule has 2 aromatic heterocycles. The van der Waals surface area contributed by atoms with E-state index in [1.165, 1.54) is 10.7 Å². The Morgan fingerprint density at radius 3 is 2.58 bits per heavy atom. The maximum Gasteiger partial charge on any atom is 0.267 e. The standard InChI is InChI=1S/C22H30N6O3/c1-16-9-10-19(29)28(25-16)15-20(30)27-13-7-4-8-18(27)21-17(14-23-24-21)22(31)26-11-5-2-3-6-12-26/h9-10,14,18H,2-8,11-13,15H2,1H3,(H,23,24)/t18-/m1/s1. The van der Waals surface area contributed by atoms with Crippen molar-refractivity contribution in [2.75, 3.05) is 19.6 Å².